The van der Waals surface area contributed by atoms with E-state index in [0.717, 1.165) is 28.4 Å². The number of rotatable bonds is 2. The molecule has 2 heterocycles. The van der Waals surface area contributed by atoms with Crippen LogP contribution in [0.4, 0.5) is 0 Å². The Hall–Kier alpha value is -1.61. The first-order chi connectivity index (χ1) is 7.77. The topological polar surface area (TPSA) is 42.1 Å². The molecule has 0 atom stereocenters. The van der Waals surface area contributed by atoms with Crippen LogP contribution in [0.5, 0.6) is 0 Å². The van der Waals surface area contributed by atoms with Crippen LogP contribution in [-0.4, -0.2) is 24.5 Å². The SMILES string of the molecule is Cc1[nH]c2ccccc2c1C1(C=O)COC1. The van der Waals surface area contributed by atoms with Gasteiger partial charge in [-0.2, -0.15) is 0 Å². The molecule has 1 N–H and O–H groups in total. The normalized spacial score (nSPS) is 18.3. The van der Waals surface area contributed by atoms with Crippen molar-refractivity contribution in [3.8, 4) is 0 Å². The average molecular weight is 215 g/mol. The first kappa shape index (κ1) is 9.60. The summed E-state index contributed by atoms with van der Waals surface area (Å²) in [6.45, 7) is 3.01. The number of aryl methyl sites for hydroxylation is 1. The summed E-state index contributed by atoms with van der Waals surface area (Å²) in [4.78, 5) is 14.6. The van der Waals surface area contributed by atoms with E-state index in [1.165, 1.54) is 0 Å². The van der Waals surface area contributed by atoms with Gasteiger partial charge >= 0.3 is 0 Å². The summed E-state index contributed by atoms with van der Waals surface area (Å²) in [7, 11) is 0. The van der Waals surface area contributed by atoms with Crippen LogP contribution in [0.3, 0.4) is 0 Å². The molecule has 0 aliphatic carbocycles. The maximum absolute atomic E-state index is 11.3. The third kappa shape index (κ3) is 1.09. The number of aromatic nitrogens is 1. The molecule has 1 aromatic heterocycles. The maximum atomic E-state index is 11.3. The minimum absolute atomic E-state index is 0.427. The van der Waals surface area contributed by atoms with Crippen LogP contribution >= 0.6 is 0 Å². The fraction of sp³-hybridized carbons (Fsp3) is 0.308. The molecular formula is C13H13NO2. The van der Waals surface area contributed by atoms with Gasteiger partial charge in [0.2, 0.25) is 0 Å². The van der Waals surface area contributed by atoms with Crippen molar-refractivity contribution in [2.75, 3.05) is 13.2 Å². The second kappa shape index (κ2) is 3.19. The summed E-state index contributed by atoms with van der Waals surface area (Å²) >= 11 is 0. The van der Waals surface area contributed by atoms with Crippen LogP contribution in [0.25, 0.3) is 10.9 Å². The molecule has 1 aliphatic heterocycles. The van der Waals surface area contributed by atoms with Crippen LogP contribution in [0, 0.1) is 6.92 Å². The molecule has 1 aliphatic rings. The second-order valence-electron chi connectivity index (χ2n) is 4.44. The van der Waals surface area contributed by atoms with Gasteiger partial charge in [0.1, 0.15) is 6.29 Å². The van der Waals surface area contributed by atoms with Crippen molar-refractivity contribution in [1.29, 1.82) is 0 Å². The van der Waals surface area contributed by atoms with E-state index in [9.17, 15) is 4.79 Å². The first-order valence-electron chi connectivity index (χ1n) is 5.39. The second-order valence-corrected chi connectivity index (χ2v) is 4.44. The molecule has 3 nitrogen and oxygen atoms in total. The summed E-state index contributed by atoms with van der Waals surface area (Å²) in [5.74, 6) is 0. The number of H-pyrrole nitrogens is 1. The van der Waals surface area contributed by atoms with E-state index in [4.69, 9.17) is 4.74 Å². The van der Waals surface area contributed by atoms with Gasteiger partial charge in [0.15, 0.2) is 0 Å². The summed E-state index contributed by atoms with van der Waals surface area (Å²) in [6, 6.07) is 8.08. The Morgan fingerprint density at radius 2 is 2.12 bits per heavy atom. The number of hydrogen-bond acceptors (Lipinski definition) is 2. The van der Waals surface area contributed by atoms with E-state index >= 15 is 0 Å². The zero-order chi connectivity index (χ0) is 11.2. The van der Waals surface area contributed by atoms with Gasteiger partial charge in [-0.1, -0.05) is 18.2 Å². The van der Waals surface area contributed by atoms with Gasteiger partial charge in [-0.25, -0.2) is 0 Å². The largest absolute Gasteiger partial charge is 0.378 e. The lowest BCUT2D eigenvalue weighted by Gasteiger charge is -2.37. The lowest BCUT2D eigenvalue weighted by molar-refractivity contribution is -0.129. The molecule has 1 fully saturated rings. The minimum atomic E-state index is -0.427. The number of para-hydroxylation sites is 1. The first-order valence-corrected chi connectivity index (χ1v) is 5.39. The third-order valence-electron chi connectivity index (χ3n) is 3.34. The number of aldehydes is 1. The molecule has 3 rings (SSSR count). The minimum Gasteiger partial charge on any atom is -0.378 e. The van der Waals surface area contributed by atoms with Gasteiger partial charge < -0.3 is 14.5 Å². The number of carbonyl (C=O) groups excluding carboxylic acids is 1. The Labute approximate surface area is 93.4 Å². The Bertz CT molecular complexity index is 552. The van der Waals surface area contributed by atoms with Gasteiger partial charge in [-0.3, -0.25) is 0 Å². The number of hydrogen-bond donors (Lipinski definition) is 1. The van der Waals surface area contributed by atoms with Gasteiger partial charge in [-0.05, 0) is 18.6 Å². The van der Waals surface area contributed by atoms with Crippen molar-refractivity contribution in [3.05, 3.63) is 35.5 Å². The standard InChI is InChI=1S/C13H13NO2/c1-9-12(13(6-15)7-16-8-13)10-4-2-3-5-11(10)14-9/h2-6,14H,7-8H2,1H3. The third-order valence-corrected chi connectivity index (χ3v) is 3.34. The van der Waals surface area contributed by atoms with E-state index in [1.807, 2.05) is 25.1 Å². The molecule has 0 spiro atoms. The molecule has 16 heavy (non-hydrogen) atoms. The Balaban J connectivity index is 2.29. The summed E-state index contributed by atoms with van der Waals surface area (Å²) in [6.07, 6.45) is 1.03. The zero-order valence-electron chi connectivity index (χ0n) is 9.12. The Morgan fingerprint density at radius 3 is 2.75 bits per heavy atom. The number of fused-ring (bicyclic) bond motifs is 1. The number of nitrogens with one attached hydrogen (secondary N) is 1. The van der Waals surface area contributed by atoms with Crippen molar-refractivity contribution in [1.82, 2.24) is 4.98 Å². The number of benzene rings is 1. The monoisotopic (exact) mass is 215 g/mol. The van der Waals surface area contributed by atoms with Crippen molar-refractivity contribution < 1.29 is 9.53 Å². The molecule has 0 radical (unpaired) electrons. The Kier molecular flexibility index (Phi) is 1.91. The predicted octanol–water partition coefficient (Wildman–Crippen LogP) is 1.94. The van der Waals surface area contributed by atoms with E-state index in [0.29, 0.717) is 13.2 Å². The molecule has 0 bridgehead atoms. The quantitative estimate of drug-likeness (QED) is 0.778. The van der Waals surface area contributed by atoms with Crippen molar-refractivity contribution in [2.24, 2.45) is 0 Å². The van der Waals surface area contributed by atoms with E-state index in [1.54, 1.807) is 0 Å². The highest BCUT2D eigenvalue weighted by molar-refractivity contribution is 5.90. The fourth-order valence-electron chi connectivity index (χ4n) is 2.51. The van der Waals surface area contributed by atoms with Crippen LogP contribution in [0.1, 0.15) is 11.3 Å². The van der Waals surface area contributed by atoms with E-state index in [-0.39, 0.29) is 0 Å². The number of carbonyl (C=O) groups is 1. The maximum Gasteiger partial charge on any atom is 0.135 e. The molecule has 1 aromatic carbocycles. The fourth-order valence-corrected chi connectivity index (χ4v) is 2.51. The Morgan fingerprint density at radius 1 is 1.38 bits per heavy atom. The smallest absolute Gasteiger partial charge is 0.135 e. The molecule has 0 unspecified atom stereocenters. The van der Waals surface area contributed by atoms with Crippen LogP contribution in [0.15, 0.2) is 24.3 Å². The van der Waals surface area contributed by atoms with Crippen LogP contribution < -0.4 is 0 Å². The molecule has 0 saturated carbocycles. The lowest BCUT2D eigenvalue weighted by atomic mass is 9.78. The zero-order valence-corrected chi connectivity index (χ0v) is 9.12. The summed E-state index contributed by atoms with van der Waals surface area (Å²) in [5.41, 5.74) is 2.83. The van der Waals surface area contributed by atoms with Crippen molar-refractivity contribution >= 4 is 17.2 Å². The predicted molar refractivity (Wildman–Crippen MR) is 61.6 cm³/mol. The van der Waals surface area contributed by atoms with Gasteiger partial charge in [0, 0.05) is 16.6 Å². The van der Waals surface area contributed by atoms with Gasteiger partial charge in [0.05, 0.1) is 18.6 Å². The molecule has 82 valence electrons. The van der Waals surface area contributed by atoms with E-state index in [2.05, 4.69) is 11.1 Å². The lowest BCUT2D eigenvalue weighted by Crippen LogP contribution is -2.48. The molecule has 0 amide bonds. The van der Waals surface area contributed by atoms with Crippen molar-refractivity contribution in [2.45, 2.75) is 12.3 Å². The average Bonchev–Trinajstić information content (AvgIpc) is 2.56. The van der Waals surface area contributed by atoms with Crippen LogP contribution in [0.2, 0.25) is 0 Å². The molecule has 1 saturated heterocycles. The summed E-state index contributed by atoms with van der Waals surface area (Å²) in [5, 5.41) is 1.13. The number of ether oxygens (including phenoxy) is 1. The van der Waals surface area contributed by atoms with Crippen molar-refractivity contribution in [3.63, 3.8) is 0 Å². The highest BCUT2D eigenvalue weighted by Gasteiger charge is 2.43. The summed E-state index contributed by atoms with van der Waals surface area (Å²) < 4.78 is 5.21. The highest BCUT2D eigenvalue weighted by atomic mass is 16.5. The number of aromatic amines is 1. The molecule has 2 aromatic rings. The van der Waals surface area contributed by atoms with E-state index < -0.39 is 5.41 Å². The molecular weight excluding hydrogens is 202 g/mol. The van der Waals surface area contributed by atoms with Crippen LogP contribution in [-0.2, 0) is 14.9 Å². The molecule has 3 heteroatoms. The highest BCUT2D eigenvalue weighted by Crippen LogP contribution is 2.37. The van der Waals surface area contributed by atoms with Gasteiger partial charge in [-0.15, -0.1) is 0 Å². The van der Waals surface area contributed by atoms with Gasteiger partial charge in [0.25, 0.3) is 0 Å².